The van der Waals surface area contributed by atoms with E-state index in [0.717, 1.165) is 11.3 Å². The number of nitrogens with one attached hydrogen (secondary N) is 1. The molecule has 116 valence electrons. The van der Waals surface area contributed by atoms with Crippen LogP contribution in [0.25, 0.3) is 10.8 Å². The van der Waals surface area contributed by atoms with E-state index in [2.05, 4.69) is 20.3 Å². The van der Waals surface area contributed by atoms with Crippen molar-refractivity contribution >= 4 is 23.2 Å². The molecule has 0 aliphatic carbocycles. The summed E-state index contributed by atoms with van der Waals surface area (Å²) in [5, 5.41) is 12.2. The maximum Gasteiger partial charge on any atom is 0.326 e. The lowest BCUT2D eigenvalue weighted by Crippen LogP contribution is -2.41. The van der Waals surface area contributed by atoms with Gasteiger partial charge in [-0.15, -0.1) is 11.3 Å². The largest absolute Gasteiger partial charge is 0.480 e. The first-order valence-corrected chi connectivity index (χ1v) is 7.56. The number of carbonyl (C=O) groups excluding carboxylic acids is 1. The molecule has 0 radical (unpaired) electrons. The van der Waals surface area contributed by atoms with Crippen LogP contribution in [0.5, 0.6) is 0 Å². The second kappa shape index (κ2) is 7.08. The van der Waals surface area contributed by atoms with E-state index in [9.17, 15) is 9.59 Å². The summed E-state index contributed by atoms with van der Waals surface area (Å²) < 4.78 is 0. The highest BCUT2D eigenvalue weighted by molar-refractivity contribution is 7.16. The molecule has 0 bridgehead atoms. The topological polar surface area (TPSA) is 105 Å². The molecule has 2 aromatic rings. The number of thiazole rings is 1. The molecule has 2 N–H and O–H groups in total. The van der Waals surface area contributed by atoms with Gasteiger partial charge in [0.15, 0.2) is 10.8 Å². The van der Waals surface area contributed by atoms with Crippen LogP contribution in [0.2, 0.25) is 0 Å². The maximum absolute atomic E-state index is 12.1. The van der Waals surface area contributed by atoms with E-state index < -0.39 is 17.9 Å². The molecular weight excluding hydrogens is 304 g/mol. The predicted octanol–water partition coefficient (Wildman–Crippen LogP) is 1.83. The van der Waals surface area contributed by atoms with Crippen molar-refractivity contribution < 1.29 is 14.7 Å². The molecule has 0 unspecified atom stereocenters. The number of rotatable bonds is 6. The van der Waals surface area contributed by atoms with Gasteiger partial charge in [-0.25, -0.2) is 19.7 Å². The number of carboxylic acid groups (broad SMARTS) is 1. The minimum absolute atomic E-state index is 0.163. The molecule has 2 aromatic heterocycles. The molecule has 0 aromatic carbocycles. The highest BCUT2D eigenvalue weighted by atomic mass is 32.1. The van der Waals surface area contributed by atoms with Crippen LogP contribution in [0.3, 0.4) is 0 Å². The fourth-order valence-electron chi connectivity index (χ4n) is 1.81. The van der Waals surface area contributed by atoms with Crippen molar-refractivity contribution in [1.29, 1.82) is 0 Å². The molecule has 1 atom stereocenters. The molecular formula is C14H16N4O3S. The van der Waals surface area contributed by atoms with Gasteiger partial charge in [-0.05, 0) is 18.4 Å². The highest BCUT2D eigenvalue weighted by Crippen LogP contribution is 2.21. The maximum atomic E-state index is 12.1. The number of hydrogen-bond donors (Lipinski definition) is 2. The van der Waals surface area contributed by atoms with Crippen LogP contribution in [0.15, 0.2) is 24.7 Å². The Morgan fingerprint density at radius 2 is 1.95 bits per heavy atom. The van der Waals surface area contributed by atoms with Crippen molar-refractivity contribution in [2.45, 2.75) is 26.3 Å². The average Bonchev–Trinajstić information content (AvgIpc) is 2.96. The van der Waals surface area contributed by atoms with Gasteiger partial charge in [0.05, 0.1) is 6.20 Å². The highest BCUT2D eigenvalue weighted by Gasteiger charge is 2.23. The van der Waals surface area contributed by atoms with Gasteiger partial charge < -0.3 is 10.4 Å². The monoisotopic (exact) mass is 320 g/mol. The lowest BCUT2D eigenvalue weighted by atomic mass is 10.0. The molecule has 2 rings (SSSR count). The van der Waals surface area contributed by atoms with E-state index in [1.54, 1.807) is 18.5 Å². The molecule has 0 spiro atoms. The van der Waals surface area contributed by atoms with Crippen molar-refractivity contribution in [3.63, 3.8) is 0 Å². The van der Waals surface area contributed by atoms with Crippen LogP contribution >= 0.6 is 11.3 Å². The summed E-state index contributed by atoms with van der Waals surface area (Å²) in [4.78, 5) is 35.9. The summed E-state index contributed by atoms with van der Waals surface area (Å²) in [5.74, 6) is -0.898. The van der Waals surface area contributed by atoms with E-state index in [0.29, 0.717) is 22.1 Å². The summed E-state index contributed by atoms with van der Waals surface area (Å²) in [5.41, 5.74) is 0. The van der Waals surface area contributed by atoms with E-state index >= 15 is 0 Å². The zero-order chi connectivity index (χ0) is 16.1. The van der Waals surface area contributed by atoms with Crippen LogP contribution in [-0.4, -0.2) is 38.0 Å². The molecule has 0 aliphatic heterocycles. The lowest BCUT2D eigenvalue weighted by Gasteiger charge is -2.15. The molecule has 7 nitrogen and oxygen atoms in total. The molecule has 22 heavy (non-hydrogen) atoms. The van der Waals surface area contributed by atoms with Gasteiger partial charge in [0.1, 0.15) is 10.9 Å². The predicted molar refractivity (Wildman–Crippen MR) is 81.5 cm³/mol. The molecule has 1 amide bonds. The Kier molecular flexibility index (Phi) is 5.16. The summed E-state index contributed by atoms with van der Waals surface area (Å²) in [6, 6.07) is 0.778. The van der Waals surface area contributed by atoms with Crippen molar-refractivity contribution in [3.05, 3.63) is 29.5 Å². The van der Waals surface area contributed by atoms with Crippen LogP contribution in [0, 0.1) is 5.92 Å². The van der Waals surface area contributed by atoms with Gasteiger partial charge in [-0.3, -0.25) is 4.79 Å². The van der Waals surface area contributed by atoms with Crippen molar-refractivity contribution in [1.82, 2.24) is 20.3 Å². The van der Waals surface area contributed by atoms with E-state index in [4.69, 9.17) is 5.11 Å². The summed E-state index contributed by atoms with van der Waals surface area (Å²) in [6.07, 6.45) is 4.95. The standard InChI is InChI=1S/C14H16N4O3S/c1-8(2)6-9(14(20)21)18-12(19)10-7-17-13(22-10)11-15-4-3-5-16-11/h3-5,7-9H,6H2,1-2H3,(H,18,19)(H,20,21)/t9-/m1/s1. The van der Waals surface area contributed by atoms with Gasteiger partial charge >= 0.3 is 5.97 Å². The van der Waals surface area contributed by atoms with Crippen LogP contribution < -0.4 is 5.32 Å². The lowest BCUT2D eigenvalue weighted by molar-refractivity contribution is -0.139. The van der Waals surface area contributed by atoms with Gasteiger partial charge in [-0.1, -0.05) is 13.8 Å². The molecule has 0 saturated heterocycles. The fourth-order valence-corrected chi connectivity index (χ4v) is 2.58. The van der Waals surface area contributed by atoms with Crippen LogP contribution in [0.4, 0.5) is 0 Å². The molecule has 0 saturated carbocycles. The minimum Gasteiger partial charge on any atom is -0.480 e. The van der Waals surface area contributed by atoms with Crippen molar-refractivity contribution in [3.8, 4) is 10.8 Å². The van der Waals surface area contributed by atoms with Gasteiger partial charge in [0, 0.05) is 12.4 Å². The summed E-state index contributed by atoms with van der Waals surface area (Å²) in [6.45, 7) is 3.80. The van der Waals surface area contributed by atoms with E-state index in [-0.39, 0.29) is 5.92 Å². The number of amides is 1. The Bertz CT molecular complexity index is 657. The van der Waals surface area contributed by atoms with Gasteiger partial charge in [0.25, 0.3) is 5.91 Å². The number of aliphatic carboxylic acids is 1. The van der Waals surface area contributed by atoms with Gasteiger partial charge in [0.2, 0.25) is 0 Å². The Balaban J connectivity index is 2.10. The quantitative estimate of drug-likeness (QED) is 0.841. The smallest absolute Gasteiger partial charge is 0.326 e. The van der Waals surface area contributed by atoms with Crippen LogP contribution in [-0.2, 0) is 4.79 Å². The van der Waals surface area contributed by atoms with Crippen molar-refractivity contribution in [2.75, 3.05) is 0 Å². The first-order valence-electron chi connectivity index (χ1n) is 6.74. The zero-order valence-corrected chi connectivity index (χ0v) is 13.0. The normalized spacial score (nSPS) is 12.1. The Morgan fingerprint density at radius 3 is 2.55 bits per heavy atom. The number of hydrogen-bond acceptors (Lipinski definition) is 6. The third-order valence-corrected chi connectivity index (χ3v) is 3.79. The number of carboxylic acids is 1. The zero-order valence-electron chi connectivity index (χ0n) is 12.2. The molecule has 0 fully saturated rings. The van der Waals surface area contributed by atoms with Crippen molar-refractivity contribution in [2.24, 2.45) is 5.92 Å². The number of nitrogens with zero attached hydrogens (tertiary/aromatic N) is 3. The minimum atomic E-state index is -1.04. The third-order valence-electron chi connectivity index (χ3n) is 2.80. The first-order chi connectivity index (χ1) is 10.5. The fraction of sp³-hybridized carbons (Fsp3) is 0.357. The van der Waals surface area contributed by atoms with Crippen LogP contribution in [0.1, 0.15) is 29.9 Å². The SMILES string of the molecule is CC(C)C[C@@H](NC(=O)c1cnc(-c2ncccn2)s1)C(=O)O. The number of aromatic nitrogens is 3. The summed E-state index contributed by atoms with van der Waals surface area (Å²) in [7, 11) is 0. The molecule has 2 heterocycles. The van der Waals surface area contributed by atoms with E-state index in [1.165, 1.54) is 6.20 Å². The molecule has 0 aliphatic rings. The first kappa shape index (κ1) is 16.0. The number of carbonyl (C=O) groups is 2. The summed E-state index contributed by atoms with van der Waals surface area (Å²) >= 11 is 1.13. The average molecular weight is 320 g/mol. The third kappa shape index (κ3) is 4.08. The van der Waals surface area contributed by atoms with Gasteiger partial charge in [-0.2, -0.15) is 0 Å². The Labute approximate surface area is 131 Å². The Hall–Kier alpha value is -2.35. The second-order valence-corrected chi connectivity index (χ2v) is 6.13. The van der Waals surface area contributed by atoms with E-state index in [1.807, 2.05) is 13.8 Å². The second-order valence-electron chi connectivity index (χ2n) is 5.10. The Morgan fingerprint density at radius 1 is 1.27 bits per heavy atom. The molecule has 8 heteroatoms.